The number of rotatable bonds is 3. The monoisotopic (exact) mass is 193 g/mol. The highest BCUT2D eigenvalue weighted by Gasteiger charge is 2.29. The van der Waals surface area contributed by atoms with Crippen LogP contribution in [0.1, 0.15) is 32.1 Å². The maximum Gasteiger partial charge on any atom is 0.0843 e. The SMILES string of the molecule is N#CCNC1CCN(C2CCCC2)C1. The third-order valence-electron chi connectivity index (χ3n) is 3.53. The first-order chi connectivity index (χ1) is 6.90. The molecular weight excluding hydrogens is 174 g/mol. The third-order valence-corrected chi connectivity index (χ3v) is 3.53. The van der Waals surface area contributed by atoms with Crippen molar-refractivity contribution >= 4 is 0 Å². The molecule has 14 heavy (non-hydrogen) atoms. The summed E-state index contributed by atoms with van der Waals surface area (Å²) in [5.41, 5.74) is 0. The van der Waals surface area contributed by atoms with E-state index in [1.807, 2.05) is 0 Å². The molecule has 0 aromatic rings. The zero-order valence-corrected chi connectivity index (χ0v) is 8.71. The molecule has 1 heterocycles. The fraction of sp³-hybridized carbons (Fsp3) is 0.909. The highest BCUT2D eigenvalue weighted by molar-refractivity contribution is 4.89. The minimum Gasteiger partial charge on any atom is -0.300 e. The van der Waals surface area contributed by atoms with Crippen LogP contribution < -0.4 is 5.32 Å². The van der Waals surface area contributed by atoms with Gasteiger partial charge in [-0.3, -0.25) is 4.90 Å². The lowest BCUT2D eigenvalue weighted by Crippen LogP contribution is -2.36. The van der Waals surface area contributed by atoms with Gasteiger partial charge in [0.25, 0.3) is 0 Å². The topological polar surface area (TPSA) is 39.1 Å². The lowest BCUT2D eigenvalue weighted by Gasteiger charge is -2.23. The van der Waals surface area contributed by atoms with Crippen molar-refractivity contribution in [3.05, 3.63) is 0 Å². The Kier molecular flexibility index (Phi) is 3.39. The van der Waals surface area contributed by atoms with E-state index in [-0.39, 0.29) is 0 Å². The predicted molar refractivity (Wildman–Crippen MR) is 55.8 cm³/mol. The van der Waals surface area contributed by atoms with Gasteiger partial charge >= 0.3 is 0 Å². The van der Waals surface area contributed by atoms with Crippen LogP contribution in [0.5, 0.6) is 0 Å². The van der Waals surface area contributed by atoms with Crippen LogP contribution in [0.25, 0.3) is 0 Å². The normalized spacial score (nSPS) is 29.5. The fourth-order valence-corrected chi connectivity index (χ4v) is 2.74. The Labute approximate surface area is 86.1 Å². The molecule has 1 N–H and O–H groups in total. The van der Waals surface area contributed by atoms with Crippen LogP contribution in [0, 0.1) is 11.3 Å². The molecule has 1 atom stereocenters. The van der Waals surface area contributed by atoms with Gasteiger partial charge in [-0.05, 0) is 19.3 Å². The summed E-state index contributed by atoms with van der Waals surface area (Å²) >= 11 is 0. The van der Waals surface area contributed by atoms with Crippen LogP contribution in [0.2, 0.25) is 0 Å². The van der Waals surface area contributed by atoms with Crippen LogP contribution >= 0.6 is 0 Å². The number of likely N-dealkylation sites (tertiary alicyclic amines) is 1. The smallest absolute Gasteiger partial charge is 0.0843 e. The van der Waals surface area contributed by atoms with E-state index in [2.05, 4.69) is 16.3 Å². The van der Waals surface area contributed by atoms with Gasteiger partial charge in [0.2, 0.25) is 0 Å². The zero-order valence-electron chi connectivity index (χ0n) is 8.71. The van der Waals surface area contributed by atoms with E-state index in [1.54, 1.807) is 0 Å². The fourth-order valence-electron chi connectivity index (χ4n) is 2.74. The van der Waals surface area contributed by atoms with Gasteiger partial charge in [0.05, 0.1) is 12.6 Å². The van der Waals surface area contributed by atoms with Gasteiger partial charge in [-0.15, -0.1) is 0 Å². The standard InChI is InChI=1S/C11H19N3/c12-6-7-13-10-5-8-14(9-10)11-3-1-2-4-11/h10-11,13H,1-5,7-9H2. The molecule has 78 valence electrons. The summed E-state index contributed by atoms with van der Waals surface area (Å²) in [6.45, 7) is 2.89. The summed E-state index contributed by atoms with van der Waals surface area (Å²) in [4.78, 5) is 2.61. The van der Waals surface area contributed by atoms with Gasteiger partial charge in [-0.1, -0.05) is 12.8 Å². The minimum absolute atomic E-state index is 0.503. The molecule has 1 aliphatic carbocycles. The second kappa shape index (κ2) is 4.77. The number of nitriles is 1. The molecular formula is C11H19N3. The summed E-state index contributed by atoms with van der Waals surface area (Å²) in [6.07, 6.45) is 6.84. The number of hydrogen-bond donors (Lipinski definition) is 1. The van der Waals surface area contributed by atoms with E-state index in [9.17, 15) is 0 Å². The Morgan fingerprint density at radius 3 is 2.79 bits per heavy atom. The first-order valence-corrected chi connectivity index (χ1v) is 5.74. The van der Waals surface area contributed by atoms with Crippen LogP contribution in [0.3, 0.4) is 0 Å². The first kappa shape index (κ1) is 9.95. The van der Waals surface area contributed by atoms with E-state index in [0.29, 0.717) is 12.6 Å². The molecule has 0 spiro atoms. The molecule has 0 aromatic heterocycles. The Morgan fingerprint density at radius 1 is 1.29 bits per heavy atom. The van der Waals surface area contributed by atoms with Gasteiger partial charge in [-0.2, -0.15) is 5.26 Å². The van der Waals surface area contributed by atoms with Crippen LogP contribution in [0.4, 0.5) is 0 Å². The van der Waals surface area contributed by atoms with Crippen molar-refractivity contribution < 1.29 is 0 Å². The van der Waals surface area contributed by atoms with Crippen molar-refractivity contribution in [3.8, 4) is 6.07 Å². The van der Waals surface area contributed by atoms with Crippen molar-refractivity contribution in [1.29, 1.82) is 5.26 Å². The average Bonchev–Trinajstić information content (AvgIpc) is 2.85. The van der Waals surface area contributed by atoms with Gasteiger partial charge in [0.1, 0.15) is 0 Å². The molecule has 1 saturated heterocycles. The van der Waals surface area contributed by atoms with Gasteiger partial charge in [0.15, 0.2) is 0 Å². The molecule has 2 aliphatic rings. The van der Waals surface area contributed by atoms with E-state index in [0.717, 1.165) is 12.6 Å². The molecule has 0 bridgehead atoms. The summed E-state index contributed by atoms with van der Waals surface area (Å²) in [7, 11) is 0. The van der Waals surface area contributed by atoms with E-state index in [4.69, 9.17) is 5.26 Å². The molecule has 0 aromatic carbocycles. The van der Waals surface area contributed by atoms with Crippen molar-refractivity contribution in [2.75, 3.05) is 19.6 Å². The van der Waals surface area contributed by atoms with Crippen molar-refractivity contribution in [2.45, 2.75) is 44.2 Å². The summed E-state index contributed by atoms with van der Waals surface area (Å²) < 4.78 is 0. The number of hydrogen-bond acceptors (Lipinski definition) is 3. The molecule has 3 heteroatoms. The Balaban J connectivity index is 1.74. The molecule has 2 fully saturated rings. The second-order valence-corrected chi connectivity index (χ2v) is 4.46. The number of nitrogens with zero attached hydrogens (tertiary/aromatic N) is 2. The Morgan fingerprint density at radius 2 is 2.07 bits per heavy atom. The molecule has 1 aliphatic heterocycles. The zero-order chi connectivity index (χ0) is 9.80. The van der Waals surface area contributed by atoms with Gasteiger partial charge < -0.3 is 5.32 Å². The minimum atomic E-state index is 0.503. The maximum atomic E-state index is 8.48. The van der Waals surface area contributed by atoms with E-state index < -0.39 is 0 Å². The van der Waals surface area contributed by atoms with Gasteiger partial charge in [-0.25, -0.2) is 0 Å². The van der Waals surface area contributed by atoms with Crippen molar-refractivity contribution in [2.24, 2.45) is 0 Å². The van der Waals surface area contributed by atoms with Crippen molar-refractivity contribution in [1.82, 2.24) is 10.2 Å². The second-order valence-electron chi connectivity index (χ2n) is 4.46. The molecule has 0 amide bonds. The molecule has 0 radical (unpaired) electrons. The first-order valence-electron chi connectivity index (χ1n) is 5.74. The van der Waals surface area contributed by atoms with Crippen LogP contribution in [-0.4, -0.2) is 36.6 Å². The summed E-state index contributed by atoms with van der Waals surface area (Å²) in [5, 5.41) is 11.8. The number of nitrogens with one attached hydrogen (secondary N) is 1. The Bertz CT molecular complexity index is 215. The lowest BCUT2D eigenvalue weighted by molar-refractivity contribution is 0.241. The third kappa shape index (κ3) is 2.26. The molecule has 3 nitrogen and oxygen atoms in total. The van der Waals surface area contributed by atoms with E-state index >= 15 is 0 Å². The highest BCUT2D eigenvalue weighted by atomic mass is 15.2. The molecule has 2 rings (SSSR count). The van der Waals surface area contributed by atoms with Crippen LogP contribution in [-0.2, 0) is 0 Å². The van der Waals surface area contributed by atoms with Gasteiger partial charge in [0, 0.05) is 25.2 Å². The predicted octanol–water partition coefficient (Wildman–Crippen LogP) is 1.12. The van der Waals surface area contributed by atoms with E-state index in [1.165, 1.54) is 38.6 Å². The molecule has 1 unspecified atom stereocenters. The lowest BCUT2D eigenvalue weighted by atomic mass is 10.2. The maximum absolute atomic E-state index is 8.48. The summed E-state index contributed by atoms with van der Waals surface area (Å²) in [6, 6.07) is 3.57. The quantitative estimate of drug-likeness (QED) is 0.683. The average molecular weight is 193 g/mol. The highest BCUT2D eigenvalue weighted by Crippen LogP contribution is 2.26. The molecule has 1 saturated carbocycles. The van der Waals surface area contributed by atoms with Crippen LogP contribution in [0.15, 0.2) is 0 Å². The van der Waals surface area contributed by atoms with Crippen molar-refractivity contribution in [3.63, 3.8) is 0 Å². The largest absolute Gasteiger partial charge is 0.300 e. The summed E-state index contributed by atoms with van der Waals surface area (Å²) in [5.74, 6) is 0. The Hall–Kier alpha value is -0.590.